The molecule has 0 aromatic rings. The van der Waals surface area contributed by atoms with E-state index in [-0.39, 0.29) is 0 Å². The van der Waals surface area contributed by atoms with Crippen LogP contribution in [0, 0.1) is 5.92 Å². The molecule has 4 nitrogen and oxygen atoms in total. The van der Waals surface area contributed by atoms with E-state index < -0.39 is 0 Å². The molecule has 0 bridgehead atoms. The summed E-state index contributed by atoms with van der Waals surface area (Å²) in [4.78, 5) is 2.53. The SMILES string of the molecule is C1=CO[C@@H](CN2CCC(OC[C@@H]3CCOC3)CC2)CC1. The molecule has 2 atom stereocenters. The zero-order valence-electron chi connectivity index (χ0n) is 12.3. The molecule has 0 aromatic carbocycles. The fourth-order valence-electron chi connectivity index (χ4n) is 3.25. The second-order valence-electron chi connectivity index (χ2n) is 6.27. The number of rotatable bonds is 5. The maximum atomic E-state index is 6.06. The van der Waals surface area contributed by atoms with E-state index in [0.29, 0.717) is 18.1 Å². The third-order valence-electron chi connectivity index (χ3n) is 4.61. The quantitative estimate of drug-likeness (QED) is 0.773. The summed E-state index contributed by atoms with van der Waals surface area (Å²) in [6, 6.07) is 0. The van der Waals surface area contributed by atoms with Crippen LogP contribution < -0.4 is 0 Å². The smallest absolute Gasteiger partial charge is 0.111 e. The topological polar surface area (TPSA) is 30.9 Å². The first kappa shape index (κ1) is 14.4. The predicted octanol–water partition coefficient (Wildman–Crippen LogP) is 2.20. The van der Waals surface area contributed by atoms with Crippen molar-refractivity contribution in [1.29, 1.82) is 0 Å². The van der Waals surface area contributed by atoms with Gasteiger partial charge in [0, 0.05) is 32.2 Å². The lowest BCUT2D eigenvalue weighted by molar-refractivity contribution is -0.0194. The Balaban J connectivity index is 1.31. The van der Waals surface area contributed by atoms with Crippen LogP contribution in [0.4, 0.5) is 0 Å². The minimum Gasteiger partial charge on any atom is -0.497 e. The summed E-state index contributed by atoms with van der Waals surface area (Å²) in [6.45, 7) is 6.08. The molecule has 4 heteroatoms. The molecule has 0 spiro atoms. The molecule has 20 heavy (non-hydrogen) atoms. The fourth-order valence-corrected chi connectivity index (χ4v) is 3.25. The Hall–Kier alpha value is -0.580. The van der Waals surface area contributed by atoms with E-state index in [0.717, 1.165) is 65.1 Å². The van der Waals surface area contributed by atoms with Gasteiger partial charge in [0.25, 0.3) is 0 Å². The lowest BCUT2D eigenvalue weighted by Crippen LogP contribution is -2.42. The van der Waals surface area contributed by atoms with Crippen molar-refractivity contribution in [2.75, 3.05) is 39.5 Å². The van der Waals surface area contributed by atoms with Gasteiger partial charge in [-0.3, -0.25) is 4.90 Å². The number of hydrogen-bond donors (Lipinski definition) is 0. The number of nitrogens with zero attached hydrogens (tertiary/aromatic N) is 1. The molecule has 2 saturated heterocycles. The largest absolute Gasteiger partial charge is 0.497 e. The third-order valence-corrected chi connectivity index (χ3v) is 4.61. The molecular formula is C16H27NO3. The van der Waals surface area contributed by atoms with Gasteiger partial charge in [0.2, 0.25) is 0 Å². The minimum atomic E-state index is 0.396. The summed E-state index contributed by atoms with van der Waals surface area (Å²) in [5, 5.41) is 0. The van der Waals surface area contributed by atoms with Crippen molar-refractivity contribution in [3.8, 4) is 0 Å². The fraction of sp³-hybridized carbons (Fsp3) is 0.875. The highest BCUT2D eigenvalue weighted by Crippen LogP contribution is 2.19. The standard InChI is InChI=1S/C16H27NO3/c1-2-9-19-16(3-1)11-17-7-4-15(5-8-17)20-13-14-6-10-18-12-14/h2,9,14-16H,1,3-8,10-13H2/t14-,16-/m1/s1. The van der Waals surface area contributed by atoms with Crippen molar-refractivity contribution < 1.29 is 14.2 Å². The van der Waals surface area contributed by atoms with Gasteiger partial charge in [0.05, 0.1) is 25.6 Å². The normalized spacial score (nSPS) is 32.4. The Morgan fingerprint density at radius 1 is 1.15 bits per heavy atom. The molecule has 0 saturated carbocycles. The third kappa shape index (κ3) is 4.21. The number of ether oxygens (including phenoxy) is 3. The van der Waals surface area contributed by atoms with Gasteiger partial charge < -0.3 is 14.2 Å². The van der Waals surface area contributed by atoms with Crippen LogP contribution in [0.5, 0.6) is 0 Å². The van der Waals surface area contributed by atoms with Crippen LogP contribution in [-0.4, -0.2) is 56.6 Å². The highest BCUT2D eigenvalue weighted by molar-refractivity contribution is 4.84. The Kier molecular flexibility index (Phi) is 5.34. The van der Waals surface area contributed by atoms with Gasteiger partial charge in [-0.05, 0) is 38.2 Å². The summed E-state index contributed by atoms with van der Waals surface area (Å²) in [7, 11) is 0. The molecule has 3 aliphatic rings. The molecule has 0 aromatic heterocycles. The first-order valence-corrected chi connectivity index (χ1v) is 8.12. The van der Waals surface area contributed by atoms with Crippen LogP contribution in [-0.2, 0) is 14.2 Å². The van der Waals surface area contributed by atoms with Crippen LogP contribution in [0.3, 0.4) is 0 Å². The molecule has 3 rings (SSSR count). The Morgan fingerprint density at radius 2 is 2.05 bits per heavy atom. The number of piperidine rings is 1. The summed E-state index contributed by atoms with van der Waals surface area (Å²) >= 11 is 0. The zero-order valence-corrected chi connectivity index (χ0v) is 12.3. The molecule has 2 fully saturated rings. The summed E-state index contributed by atoms with van der Waals surface area (Å²) < 4.78 is 17.1. The maximum Gasteiger partial charge on any atom is 0.111 e. The van der Waals surface area contributed by atoms with E-state index in [2.05, 4.69) is 11.0 Å². The molecule has 3 aliphatic heterocycles. The van der Waals surface area contributed by atoms with Crippen molar-refractivity contribution in [2.24, 2.45) is 5.92 Å². The van der Waals surface area contributed by atoms with Crippen LogP contribution in [0.15, 0.2) is 12.3 Å². The molecule has 0 aliphatic carbocycles. The maximum absolute atomic E-state index is 6.06. The summed E-state index contributed by atoms with van der Waals surface area (Å²) in [6.07, 6.45) is 10.7. The molecule has 0 radical (unpaired) electrons. The van der Waals surface area contributed by atoms with Crippen LogP contribution in [0.2, 0.25) is 0 Å². The zero-order chi connectivity index (χ0) is 13.6. The lowest BCUT2D eigenvalue weighted by Gasteiger charge is -2.34. The highest BCUT2D eigenvalue weighted by Gasteiger charge is 2.24. The van der Waals surface area contributed by atoms with Gasteiger partial charge in [-0.25, -0.2) is 0 Å². The Bertz CT molecular complexity index is 307. The van der Waals surface area contributed by atoms with Gasteiger partial charge in [0.1, 0.15) is 6.10 Å². The highest BCUT2D eigenvalue weighted by atomic mass is 16.5. The van der Waals surface area contributed by atoms with Crippen LogP contribution >= 0.6 is 0 Å². The van der Waals surface area contributed by atoms with E-state index in [1.165, 1.54) is 6.42 Å². The van der Waals surface area contributed by atoms with Gasteiger partial charge >= 0.3 is 0 Å². The van der Waals surface area contributed by atoms with Gasteiger partial charge in [0.15, 0.2) is 0 Å². The molecule has 3 heterocycles. The second kappa shape index (κ2) is 7.43. The van der Waals surface area contributed by atoms with Crippen molar-refractivity contribution in [2.45, 2.75) is 44.3 Å². The number of allylic oxidation sites excluding steroid dienone is 1. The monoisotopic (exact) mass is 281 g/mol. The van der Waals surface area contributed by atoms with Crippen molar-refractivity contribution in [3.63, 3.8) is 0 Å². The van der Waals surface area contributed by atoms with Crippen LogP contribution in [0.25, 0.3) is 0 Å². The van der Waals surface area contributed by atoms with Crippen LogP contribution in [0.1, 0.15) is 32.1 Å². The average Bonchev–Trinajstić information content (AvgIpc) is 3.01. The van der Waals surface area contributed by atoms with Crippen molar-refractivity contribution in [1.82, 2.24) is 4.90 Å². The molecule has 0 unspecified atom stereocenters. The van der Waals surface area contributed by atoms with E-state index in [1.54, 1.807) is 0 Å². The van der Waals surface area contributed by atoms with Gasteiger partial charge in [-0.15, -0.1) is 0 Å². The first-order chi connectivity index (χ1) is 9.90. The lowest BCUT2D eigenvalue weighted by atomic mass is 10.1. The summed E-state index contributed by atoms with van der Waals surface area (Å²) in [5.41, 5.74) is 0. The van der Waals surface area contributed by atoms with Gasteiger partial charge in [-0.2, -0.15) is 0 Å². The molecular weight excluding hydrogens is 254 g/mol. The van der Waals surface area contributed by atoms with Crippen molar-refractivity contribution >= 4 is 0 Å². The summed E-state index contributed by atoms with van der Waals surface area (Å²) in [5.74, 6) is 0.635. The minimum absolute atomic E-state index is 0.396. The van der Waals surface area contributed by atoms with E-state index in [4.69, 9.17) is 14.2 Å². The number of likely N-dealkylation sites (tertiary alicyclic amines) is 1. The molecule has 114 valence electrons. The molecule has 0 amide bonds. The molecule has 0 N–H and O–H groups in total. The second-order valence-corrected chi connectivity index (χ2v) is 6.27. The Morgan fingerprint density at radius 3 is 2.75 bits per heavy atom. The average molecular weight is 281 g/mol. The van der Waals surface area contributed by atoms with Crippen molar-refractivity contribution in [3.05, 3.63) is 12.3 Å². The number of hydrogen-bond acceptors (Lipinski definition) is 4. The van der Waals surface area contributed by atoms with E-state index >= 15 is 0 Å². The van der Waals surface area contributed by atoms with E-state index in [1.807, 2.05) is 6.26 Å². The predicted molar refractivity (Wildman–Crippen MR) is 77.6 cm³/mol. The Labute approximate surface area is 122 Å². The van der Waals surface area contributed by atoms with Gasteiger partial charge in [-0.1, -0.05) is 0 Å². The first-order valence-electron chi connectivity index (χ1n) is 8.12. The van der Waals surface area contributed by atoms with E-state index in [9.17, 15) is 0 Å².